The fourth-order valence-electron chi connectivity index (χ4n) is 1.44. The van der Waals surface area contributed by atoms with Crippen LogP contribution in [0.4, 0.5) is 17.6 Å². The summed E-state index contributed by atoms with van der Waals surface area (Å²) < 4.78 is 55.3. The second-order valence-corrected chi connectivity index (χ2v) is 4.84. The van der Waals surface area contributed by atoms with Gasteiger partial charge in [0, 0.05) is 0 Å². The van der Waals surface area contributed by atoms with E-state index in [1.54, 1.807) is 6.92 Å². The topological polar surface area (TPSA) is 26.3 Å². The van der Waals surface area contributed by atoms with Gasteiger partial charge >= 0.3 is 12.1 Å². The zero-order valence-corrected chi connectivity index (χ0v) is 11.5. The van der Waals surface area contributed by atoms with E-state index >= 15 is 0 Å². The van der Waals surface area contributed by atoms with E-state index in [-0.39, 0.29) is 18.6 Å². The molecule has 106 valence electrons. The Morgan fingerprint density at radius 2 is 2.05 bits per heavy atom. The Labute approximate surface area is 115 Å². The van der Waals surface area contributed by atoms with E-state index in [0.717, 1.165) is 6.07 Å². The molecular formula is C12H11BrF4O2. The molecule has 0 bridgehead atoms. The van der Waals surface area contributed by atoms with Gasteiger partial charge in [0.25, 0.3) is 0 Å². The summed E-state index contributed by atoms with van der Waals surface area (Å²) in [5.74, 6) is -1.90. The van der Waals surface area contributed by atoms with Crippen LogP contribution in [0, 0.1) is 5.82 Å². The van der Waals surface area contributed by atoms with Crippen molar-refractivity contribution in [2.75, 3.05) is 6.61 Å². The third-order valence-electron chi connectivity index (χ3n) is 2.29. The van der Waals surface area contributed by atoms with Crippen LogP contribution in [-0.2, 0) is 22.1 Å². The molecule has 0 radical (unpaired) electrons. The quantitative estimate of drug-likeness (QED) is 0.473. The monoisotopic (exact) mass is 342 g/mol. The number of hydrogen-bond donors (Lipinski definition) is 0. The summed E-state index contributed by atoms with van der Waals surface area (Å²) in [6, 6.07) is 2.64. The fraction of sp³-hybridized carbons (Fsp3) is 0.417. The number of alkyl halides is 4. The highest BCUT2D eigenvalue weighted by Gasteiger charge is 2.34. The molecule has 2 nitrogen and oxygen atoms in total. The molecule has 1 aromatic carbocycles. The Morgan fingerprint density at radius 3 is 2.58 bits per heavy atom. The predicted molar refractivity (Wildman–Crippen MR) is 64.5 cm³/mol. The molecule has 0 saturated heterocycles. The zero-order chi connectivity index (χ0) is 14.6. The summed E-state index contributed by atoms with van der Waals surface area (Å²) >= 11 is 3.02. The number of rotatable bonds is 4. The van der Waals surface area contributed by atoms with Crippen LogP contribution in [0.3, 0.4) is 0 Å². The first kappa shape index (κ1) is 15.9. The number of halogens is 5. The van der Waals surface area contributed by atoms with E-state index in [2.05, 4.69) is 15.9 Å². The average Bonchev–Trinajstić information content (AvgIpc) is 2.30. The van der Waals surface area contributed by atoms with E-state index < -0.39 is 28.4 Å². The van der Waals surface area contributed by atoms with E-state index in [1.807, 2.05) is 0 Å². The highest BCUT2D eigenvalue weighted by atomic mass is 79.9. The molecular weight excluding hydrogens is 332 g/mol. The molecule has 0 amide bonds. The molecule has 0 heterocycles. The minimum atomic E-state index is -4.76. The molecule has 0 saturated carbocycles. The number of benzene rings is 1. The Bertz CT molecular complexity index is 460. The maximum absolute atomic E-state index is 13.1. The lowest BCUT2D eigenvalue weighted by atomic mass is 10.1. The van der Waals surface area contributed by atoms with Crippen LogP contribution in [0.1, 0.15) is 18.1 Å². The minimum Gasteiger partial charge on any atom is -0.465 e. The minimum absolute atomic E-state index is 0.0117. The predicted octanol–water partition coefficient (Wildman–Crippen LogP) is 3.71. The second kappa shape index (κ2) is 6.36. The molecule has 0 aliphatic heterocycles. The van der Waals surface area contributed by atoms with E-state index in [1.165, 1.54) is 6.07 Å². The molecule has 0 spiro atoms. The Morgan fingerprint density at radius 1 is 1.42 bits per heavy atom. The molecule has 0 fully saturated rings. The Kier molecular flexibility index (Phi) is 5.34. The maximum atomic E-state index is 13.1. The largest absolute Gasteiger partial charge is 0.465 e. The van der Waals surface area contributed by atoms with Gasteiger partial charge in [-0.1, -0.05) is 22.0 Å². The summed E-state index contributed by atoms with van der Waals surface area (Å²) in [4.78, 5) is 10.6. The zero-order valence-electron chi connectivity index (χ0n) is 9.93. The maximum Gasteiger partial charge on any atom is 0.419 e. The van der Waals surface area contributed by atoms with Crippen LogP contribution in [0.25, 0.3) is 0 Å². The van der Waals surface area contributed by atoms with Gasteiger partial charge in [0.05, 0.1) is 12.2 Å². The second-order valence-electron chi connectivity index (χ2n) is 3.74. The van der Waals surface area contributed by atoms with Crippen molar-refractivity contribution in [2.24, 2.45) is 0 Å². The molecule has 0 aromatic heterocycles. The standard InChI is InChI=1S/C12H11BrF4O2/c1-2-19-11(18)9(13)6-7-3-4-10(14)8(5-7)12(15,16)17/h3-5,9H,2,6H2,1H3. The first-order valence-electron chi connectivity index (χ1n) is 5.42. The van der Waals surface area contributed by atoms with Gasteiger partial charge in [0.15, 0.2) is 0 Å². The van der Waals surface area contributed by atoms with Crippen LogP contribution in [0.15, 0.2) is 18.2 Å². The average molecular weight is 343 g/mol. The first-order chi connectivity index (χ1) is 8.75. The fourth-order valence-corrected chi connectivity index (χ4v) is 1.95. The van der Waals surface area contributed by atoms with Gasteiger partial charge in [-0.15, -0.1) is 0 Å². The lowest BCUT2D eigenvalue weighted by Gasteiger charge is -2.12. The molecule has 1 rings (SSSR count). The summed E-state index contributed by atoms with van der Waals surface area (Å²) in [6.45, 7) is 1.80. The SMILES string of the molecule is CCOC(=O)C(Br)Cc1ccc(F)c(C(F)(F)F)c1. The van der Waals surface area contributed by atoms with Crippen LogP contribution < -0.4 is 0 Å². The van der Waals surface area contributed by atoms with E-state index in [9.17, 15) is 22.4 Å². The van der Waals surface area contributed by atoms with E-state index in [4.69, 9.17) is 4.74 Å². The van der Waals surface area contributed by atoms with Crippen molar-refractivity contribution in [1.29, 1.82) is 0 Å². The summed E-state index contributed by atoms with van der Waals surface area (Å²) in [7, 11) is 0. The molecule has 7 heteroatoms. The van der Waals surface area contributed by atoms with Gasteiger partial charge in [0.1, 0.15) is 10.6 Å². The normalized spacial score (nSPS) is 13.2. The highest BCUT2D eigenvalue weighted by Crippen LogP contribution is 2.32. The molecule has 1 aromatic rings. The van der Waals surface area contributed by atoms with Crippen LogP contribution in [0.5, 0.6) is 0 Å². The van der Waals surface area contributed by atoms with Crippen molar-refractivity contribution in [3.05, 3.63) is 35.1 Å². The lowest BCUT2D eigenvalue weighted by Crippen LogP contribution is -2.20. The number of ether oxygens (including phenoxy) is 1. The molecule has 1 unspecified atom stereocenters. The van der Waals surface area contributed by atoms with Crippen molar-refractivity contribution < 1.29 is 27.1 Å². The van der Waals surface area contributed by atoms with E-state index in [0.29, 0.717) is 6.07 Å². The van der Waals surface area contributed by atoms with Crippen LogP contribution >= 0.6 is 15.9 Å². The van der Waals surface area contributed by atoms with Crippen LogP contribution in [0.2, 0.25) is 0 Å². The number of hydrogen-bond acceptors (Lipinski definition) is 2. The van der Waals surface area contributed by atoms with Crippen LogP contribution in [-0.4, -0.2) is 17.4 Å². The third-order valence-corrected chi connectivity index (χ3v) is 2.99. The Balaban J connectivity index is 2.89. The van der Waals surface area contributed by atoms with Gasteiger partial charge in [-0.3, -0.25) is 4.79 Å². The molecule has 0 aliphatic rings. The smallest absolute Gasteiger partial charge is 0.419 e. The van der Waals surface area contributed by atoms with Crippen molar-refractivity contribution in [3.63, 3.8) is 0 Å². The summed E-state index contributed by atoms with van der Waals surface area (Å²) in [5.41, 5.74) is -1.14. The first-order valence-corrected chi connectivity index (χ1v) is 6.33. The van der Waals surface area contributed by atoms with Crippen molar-refractivity contribution in [1.82, 2.24) is 0 Å². The van der Waals surface area contributed by atoms with Gasteiger partial charge in [0.2, 0.25) is 0 Å². The lowest BCUT2D eigenvalue weighted by molar-refractivity contribution is -0.142. The summed E-state index contributed by atoms with van der Waals surface area (Å²) in [6.07, 6.45) is -4.77. The highest BCUT2D eigenvalue weighted by molar-refractivity contribution is 9.10. The molecule has 0 aliphatic carbocycles. The Hall–Kier alpha value is -1.11. The molecule has 1 atom stereocenters. The number of esters is 1. The van der Waals surface area contributed by atoms with Crippen molar-refractivity contribution >= 4 is 21.9 Å². The van der Waals surface area contributed by atoms with Gasteiger partial charge in [-0.05, 0) is 31.0 Å². The number of carbonyl (C=O) groups is 1. The summed E-state index contributed by atoms with van der Waals surface area (Å²) in [5, 5.41) is 0. The number of carbonyl (C=O) groups excluding carboxylic acids is 1. The van der Waals surface area contributed by atoms with Crippen molar-refractivity contribution in [3.8, 4) is 0 Å². The van der Waals surface area contributed by atoms with Gasteiger partial charge < -0.3 is 4.74 Å². The van der Waals surface area contributed by atoms with Gasteiger partial charge in [-0.2, -0.15) is 13.2 Å². The van der Waals surface area contributed by atoms with Gasteiger partial charge in [-0.25, -0.2) is 4.39 Å². The third kappa shape index (κ3) is 4.49. The molecule has 19 heavy (non-hydrogen) atoms. The molecule has 0 N–H and O–H groups in total. The van der Waals surface area contributed by atoms with Crippen molar-refractivity contribution in [2.45, 2.75) is 24.3 Å².